The number of aromatic nitrogens is 2. The predicted octanol–water partition coefficient (Wildman–Crippen LogP) is 2.35. The van der Waals surface area contributed by atoms with Crippen molar-refractivity contribution in [2.75, 3.05) is 12.4 Å². The molecule has 9 nitrogen and oxygen atoms in total. The molecule has 1 aromatic carbocycles. The molecule has 0 amide bonds. The molecule has 0 bridgehead atoms. The molecule has 0 radical (unpaired) electrons. The maximum Gasteiger partial charge on any atom is 0.336 e. The highest BCUT2D eigenvalue weighted by molar-refractivity contribution is 7.71. The van der Waals surface area contributed by atoms with Gasteiger partial charge in [-0.3, -0.25) is 19.9 Å². The lowest BCUT2D eigenvalue weighted by Crippen LogP contribution is -2.31. The number of para-hydroxylation sites is 1. The first-order valence-electron chi connectivity index (χ1n) is 7.51. The molecule has 0 saturated carbocycles. The SMILES string of the molecule is COC(=O)C1=C(C)Nc2[nH]c(=S)[nH]c(=O)c2[C@H]1c1ccccc1[N+](=O)[O-]. The van der Waals surface area contributed by atoms with Gasteiger partial charge in [-0.05, 0) is 19.1 Å². The summed E-state index contributed by atoms with van der Waals surface area (Å²) in [6.07, 6.45) is 0. The number of allylic oxidation sites excluding steroid dienone is 1. The number of anilines is 1. The van der Waals surface area contributed by atoms with Crippen molar-refractivity contribution in [1.29, 1.82) is 0 Å². The standard InChI is InChI=1S/C16H14N4O5S/c1-7-10(15(22)25-2)11(8-5-3-4-6-9(8)20(23)24)12-13(17-7)18-16(26)19-14(12)21/h3-6,11H,1-2H3,(H3,17,18,19,21,26)/t11-/m0/s1. The van der Waals surface area contributed by atoms with E-state index in [1.54, 1.807) is 13.0 Å². The number of benzene rings is 1. The topological polar surface area (TPSA) is 130 Å². The van der Waals surface area contributed by atoms with E-state index < -0.39 is 22.4 Å². The molecule has 2 heterocycles. The van der Waals surface area contributed by atoms with Crippen LogP contribution in [0.25, 0.3) is 0 Å². The molecule has 10 heteroatoms. The number of fused-ring (bicyclic) bond motifs is 1. The number of nitro benzene ring substituents is 1. The summed E-state index contributed by atoms with van der Waals surface area (Å²) in [5.41, 5.74) is 0.0960. The van der Waals surface area contributed by atoms with Crippen LogP contribution in [0.15, 0.2) is 40.3 Å². The number of aromatic amines is 2. The quantitative estimate of drug-likeness (QED) is 0.325. The van der Waals surface area contributed by atoms with Gasteiger partial charge >= 0.3 is 5.97 Å². The van der Waals surface area contributed by atoms with Crippen LogP contribution < -0.4 is 10.9 Å². The summed E-state index contributed by atoms with van der Waals surface area (Å²) in [6, 6.07) is 5.95. The normalized spacial score (nSPS) is 15.8. The van der Waals surface area contributed by atoms with Crippen molar-refractivity contribution in [3.8, 4) is 0 Å². The van der Waals surface area contributed by atoms with Crippen molar-refractivity contribution in [1.82, 2.24) is 9.97 Å². The van der Waals surface area contributed by atoms with Crippen LogP contribution >= 0.6 is 12.2 Å². The number of nitrogens with one attached hydrogen (secondary N) is 3. The zero-order valence-electron chi connectivity index (χ0n) is 13.8. The van der Waals surface area contributed by atoms with E-state index in [1.807, 2.05) is 0 Å². The lowest BCUT2D eigenvalue weighted by molar-refractivity contribution is -0.385. The van der Waals surface area contributed by atoms with Gasteiger partial charge in [-0.1, -0.05) is 18.2 Å². The van der Waals surface area contributed by atoms with Gasteiger partial charge in [0.25, 0.3) is 11.2 Å². The molecule has 1 aromatic heterocycles. The smallest absolute Gasteiger partial charge is 0.336 e. The minimum absolute atomic E-state index is 0.0943. The third kappa shape index (κ3) is 2.80. The number of hydrogen-bond acceptors (Lipinski definition) is 7. The molecule has 3 rings (SSSR count). The van der Waals surface area contributed by atoms with Gasteiger partial charge in [-0.15, -0.1) is 0 Å². The number of esters is 1. The Bertz CT molecular complexity index is 1070. The lowest BCUT2D eigenvalue weighted by Gasteiger charge is -2.28. The molecule has 0 spiro atoms. The van der Waals surface area contributed by atoms with E-state index in [-0.39, 0.29) is 33.0 Å². The fourth-order valence-corrected chi connectivity index (χ4v) is 3.27. The van der Waals surface area contributed by atoms with Crippen LogP contribution in [0.3, 0.4) is 0 Å². The second kappa shape index (κ2) is 6.56. The van der Waals surface area contributed by atoms with Gasteiger partial charge in [0.1, 0.15) is 5.82 Å². The second-order valence-corrected chi connectivity index (χ2v) is 6.01. The van der Waals surface area contributed by atoms with Crippen molar-refractivity contribution >= 4 is 29.7 Å². The largest absolute Gasteiger partial charge is 0.466 e. The molecule has 0 unspecified atom stereocenters. The van der Waals surface area contributed by atoms with Gasteiger partial charge in [0, 0.05) is 17.3 Å². The Balaban J connectivity index is 2.40. The van der Waals surface area contributed by atoms with Crippen LogP contribution in [0.2, 0.25) is 0 Å². The average molecular weight is 374 g/mol. The molecule has 0 aliphatic carbocycles. The van der Waals surface area contributed by atoms with Crippen LogP contribution in [0.1, 0.15) is 24.0 Å². The van der Waals surface area contributed by atoms with Crippen LogP contribution in [0.4, 0.5) is 11.5 Å². The average Bonchev–Trinajstić information content (AvgIpc) is 2.59. The summed E-state index contributed by atoms with van der Waals surface area (Å²) >= 11 is 4.98. The van der Waals surface area contributed by atoms with Gasteiger partial charge in [-0.2, -0.15) is 0 Å². The first-order valence-corrected chi connectivity index (χ1v) is 7.92. The Morgan fingerprint density at radius 1 is 1.31 bits per heavy atom. The first-order chi connectivity index (χ1) is 12.3. The van der Waals surface area contributed by atoms with Gasteiger partial charge in [0.15, 0.2) is 4.77 Å². The molecule has 134 valence electrons. The Labute approximate surface area is 151 Å². The number of nitro groups is 1. The molecule has 3 N–H and O–H groups in total. The number of carbonyl (C=O) groups is 1. The number of H-pyrrole nitrogens is 2. The third-order valence-corrected chi connectivity index (χ3v) is 4.33. The van der Waals surface area contributed by atoms with E-state index in [9.17, 15) is 19.7 Å². The molecule has 26 heavy (non-hydrogen) atoms. The van der Waals surface area contributed by atoms with Crippen LogP contribution in [0, 0.1) is 14.9 Å². The summed E-state index contributed by atoms with van der Waals surface area (Å²) in [4.78, 5) is 41.2. The minimum atomic E-state index is -0.990. The number of nitrogens with zero attached hydrogens (tertiary/aromatic N) is 1. The van der Waals surface area contributed by atoms with E-state index in [2.05, 4.69) is 15.3 Å². The summed E-state index contributed by atoms with van der Waals surface area (Å²) in [7, 11) is 1.21. The summed E-state index contributed by atoms with van der Waals surface area (Å²) in [5, 5.41) is 14.4. The van der Waals surface area contributed by atoms with Crippen molar-refractivity contribution in [3.05, 3.63) is 71.9 Å². The van der Waals surface area contributed by atoms with Crippen molar-refractivity contribution < 1.29 is 14.5 Å². The zero-order valence-corrected chi connectivity index (χ0v) is 14.6. The Kier molecular flexibility index (Phi) is 4.43. The highest BCUT2D eigenvalue weighted by atomic mass is 32.1. The molecule has 1 aliphatic heterocycles. The first kappa shape index (κ1) is 17.5. The Hall–Kier alpha value is -3.27. The van der Waals surface area contributed by atoms with Crippen molar-refractivity contribution in [2.45, 2.75) is 12.8 Å². The second-order valence-electron chi connectivity index (χ2n) is 5.60. The van der Waals surface area contributed by atoms with Crippen molar-refractivity contribution in [2.24, 2.45) is 0 Å². The van der Waals surface area contributed by atoms with Crippen LogP contribution in [-0.2, 0) is 9.53 Å². The highest BCUT2D eigenvalue weighted by Gasteiger charge is 2.38. The van der Waals surface area contributed by atoms with E-state index in [0.717, 1.165) is 0 Å². The fourth-order valence-electron chi connectivity index (χ4n) is 3.08. The Morgan fingerprint density at radius 3 is 2.65 bits per heavy atom. The molecular formula is C16H14N4O5S. The van der Waals surface area contributed by atoms with Crippen LogP contribution in [-0.4, -0.2) is 28.0 Å². The molecule has 1 aliphatic rings. The molecule has 0 fully saturated rings. The number of hydrogen-bond donors (Lipinski definition) is 3. The molecular weight excluding hydrogens is 360 g/mol. The van der Waals surface area contributed by atoms with Crippen molar-refractivity contribution in [3.63, 3.8) is 0 Å². The van der Waals surface area contributed by atoms with E-state index in [4.69, 9.17) is 17.0 Å². The van der Waals surface area contributed by atoms with E-state index in [1.165, 1.54) is 25.3 Å². The minimum Gasteiger partial charge on any atom is -0.466 e. The monoisotopic (exact) mass is 374 g/mol. The number of carbonyl (C=O) groups excluding carboxylic acids is 1. The Morgan fingerprint density at radius 2 is 2.00 bits per heavy atom. The number of rotatable bonds is 3. The summed E-state index contributed by atoms with van der Waals surface area (Å²) < 4.78 is 4.94. The van der Waals surface area contributed by atoms with E-state index >= 15 is 0 Å². The molecule has 0 saturated heterocycles. The van der Waals surface area contributed by atoms with Gasteiger partial charge in [0.05, 0.1) is 29.1 Å². The predicted molar refractivity (Wildman–Crippen MR) is 95.5 cm³/mol. The third-order valence-electron chi connectivity index (χ3n) is 4.12. The molecule has 1 atom stereocenters. The van der Waals surface area contributed by atoms with Crippen LogP contribution in [0.5, 0.6) is 0 Å². The van der Waals surface area contributed by atoms with Gasteiger partial charge < -0.3 is 15.0 Å². The zero-order chi connectivity index (χ0) is 19.0. The number of ether oxygens (including phenoxy) is 1. The fraction of sp³-hybridized carbons (Fsp3) is 0.188. The summed E-state index contributed by atoms with van der Waals surface area (Å²) in [6.45, 7) is 1.62. The maximum atomic E-state index is 12.6. The lowest BCUT2D eigenvalue weighted by atomic mass is 9.81. The maximum absolute atomic E-state index is 12.6. The van der Waals surface area contributed by atoms with Gasteiger partial charge in [-0.25, -0.2) is 4.79 Å². The van der Waals surface area contributed by atoms with E-state index in [0.29, 0.717) is 5.70 Å². The highest BCUT2D eigenvalue weighted by Crippen LogP contribution is 2.42. The number of methoxy groups -OCH3 is 1. The molecule has 2 aromatic rings. The summed E-state index contributed by atoms with van der Waals surface area (Å²) in [5.74, 6) is -1.39. The van der Waals surface area contributed by atoms with Gasteiger partial charge in [0.2, 0.25) is 0 Å².